The minimum atomic E-state index is -1.12. The molecule has 0 spiro atoms. The zero-order valence-electron chi connectivity index (χ0n) is 26.2. The molecule has 4 amide bonds. The fourth-order valence-corrected chi connectivity index (χ4v) is 8.69. The Labute approximate surface area is 261 Å². The van der Waals surface area contributed by atoms with Crippen LogP contribution in [0.3, 0.4) is 0 Å². The van der Waals surface area contributed by atoms with Gasteiger partial charge in [-0.15, -0.1) is 0 Å². The summed E-state index contributed by atoms with van der Waals surface area (Å²) in [6, 6.07) is 7.93. The number of primary amides is 1. The van der Waals surface area contributed by atoms with Crippen LogP contribution in [-0.4, -0.2) is 70.7 Å². The highest BCUT2D eigenvalue weighted by Gasteiger charge is 2.52. The number of hydrogen-bond acceptors (Lipinski definition) is 6. The molecule has 0 aromatic heterocycles. The van der Waals surface area contributed by atoms with E-state index in [2.05, 4.69) is 10.6 Å². The summed E-state index contributed by atoms with van der Waals surface area (Å²) in [4.78, 5) is 55.4. The van der Waals surface area contributed by atoms with Crippen LogP contribution in [0.2, 0.25) is 0 Å². The van der Waals surface area contributed by atoms with E-state index in [1.807, 2.05) is 50.4 Å². The second kappa shape index (κ2) is 14.5. The Kier molecular flexibility index (Phi) is 11.2. The fraction of sp³-hybridized carbons (Fsp3) is 0.697. The van der Waals surface area contributed by atoms with Crippen molar-refractivity contribution < 1.29 is 19.2 Å². The number of hydrogen-bond donors (Lipinski definition) is 4. The van der Waals surface area contributed by atoms with Crippen molar-refractivity contribution in [1.82, 2.24) is 15.5 Å². The summed E-state index contributed by atoms with van der Waals surface area (Å²) < 4.78 is 0. The minimum absolute atomic E-state index is 0.0700. The lowest BCUT2D eigenvalue weighted by atomic mass is 9.53. The molecule has 6 N–H and O–H groups in total. The second-order valence-corrected chi connectivity index (χ2v) is 14.9. The molecule has 4 saturated carbocycles. The van der Waals surface area contributed by atoms with Gasteiger partial charge < -0.3 is 27.0 Å². The van der Waals surface area contributed by atoms with Crippen molar-refractivity contribution in [1.29, 1.82) is 0 Å². The van der Waals surface area contributed by atoms with E-state index in [1.54, 1.807) is 23.6 Å². The lowest BCUT2D eigenvalue weighted by Gasteiger charge is -2.58. The molecule has 4 aliphatic carbocycles. The molecule has 1 aromatic rings. The van der Waals surface area contributed by atoms with Crippen molar-refractivity contribution in [3.05, 3.63) is 35.9 Å². The number of nitrogens with zero attached hydrogens (tertiary/aromatic N) is 1. The van der Waals surface area contributed by atoms with Gasteiger partial charge in [0.25, 0.3) is 0 Å². The Morgan fingerprint density at radius 3 is 2.16 bits per heavy atom. The van der Waals surface area contributed by atoms with Crippen LogP contribution in [0, 0.1) is 29.6 Å². The standard InChI is InChI=1S/C33H51N5O4S/c1-20(2)18-33(3,35)32(42)37-26(10-11-43-4)31(41)36-19-28(39)38(27(30(34)40)17-21-8-6-5-7-9-21)29-24-13-22-12-23(15-24)16-25(29)14-22/h5-9,20,22-27,29H,10-19,35H2,1-4H3,(H2,34,40)(H,36,41)(H,37,42)/t22?,23?,24?,25?,26-,27+,29?,33?/m1/s1. The van der Waals surface area contributed by atoms with Crippen molar-refractivity contribution in [3.63, 3.8) is 0 Å². The molecular weight excluding hydrogens is 562 g/mol. The van der Waals surface area contributed by atoms with Crippen molar-refractivity contribution in [3.8, 4) is 0 Å². The number of nitrogens with one attached hydrogen (secondary N) is 2. The highest BCUT2D eigenvalue weighted by atomic mass is 32.2. The topological polar surface area (TPSA) is 148 Å². The summed E-state index contributed by atoms with van der Waals surface area (Å²) in [5.41, 5.74) is 12.1. The first-order valence-corrected chi connectivity index (χ1v) is 17.3. The Hall–Kier alpha value is -2.59. The van der Waals surface area contributed by atoms with E-state index in [1.165, 1.54) is 6.42 Å². The fourth-order valence-electron chi connectivity index (χ4n) is 8.22. The third kappa shape index (κ3) is 8.32. The number of carbonyl (C=O) groups excluding carboxylic acids is 4. The van der Waals surface area contributed by atoms with Gasteiger partial charge in [0, 0.05) is 12.5 Å². The number of thioether (sulfide) groups is 1. The van der Waals surface area contributed by atoms with Crippen LogP contribution in [0.5, 0.6) is 0 Å². The van der Waals surface area contributed by atoms with E-state index < -0.39 is 29.4 Å². The summed E-state index contributed by atoms with van der Waals surface area (Å²) in [6.45, 7) is 5.40. The van der Waals surface area contributed by atoms with E-state index in [-0.39, 0.29) is 30.3 Å². The maximum Gasteiger partial charge on any atom is 0.243 e. The average Bonchev–Trinajstić information content (AvgIpc) is 2.94. The Bertz CT molecular complexity index is 1120. The van der Waals surface area contributed by atoms with Crippen molar-refractivity contribution in [2.24, 2.45) is 41.1 Å². The summed E-state index contributed by atoms with van der Waals surface area (Å²) in [5.74, 6) is 1.28. The largest absolute Gasteiger partial charge is 0.368 e. The highest BCUT2D eigenvalue weighted by molar-refractivity contribution is 7.98. The van der Waals surface area contributed by atoms with Gasteiger partial charge in [0.15, 0.2) is 0 Å². The normalized spacial score (nSPS) is 26.8. The molecule has 9 nitrogen and oxygen atoms in total. The third-order valence-electron chi connectivity index (χ3n) is 9.72. The highest BCUT2D eigenvalue weighted by Crippen LogP contribution is 2.55. The molecule has 1 unspecified atom stereocenters. The van der Waals surface area contributed by atoms with Gasteiger partial charge in [-0.25, -0.2) is 0 Å². The summed E-state index contributed by atoms with van der Waals surface area (Å²) >= 11 is 1.57. The van der Waals surface area contributed by atoms with Crippen LogP contribution in [0.15, 0.2) is 30.3 Å². The Balaban J connectivity index is 1.52. The average molecular weight is 614 g/mol. The predicted octanol–water partition coefficient (Wildman–Crippen LogP) is 2.85. The zero-order valence-corrected chi connectivity index (χ0v) is 27.0. The maximum atomic E-state index is 14.1. The first-order chi connectivity index (χ1) is 20.4. The Morgan fingerprint density at radius 1 is 1.02 bits per heavy atom. The van der Waals surface area contributed by atoms with Crippen LogP contribution < -0.4 is 22.1 Å². The van der Waals surface area contributed by atoms with E-state index in [0.717, 1.165) is 31.2 Å². The number of nitrogens with two attached hydrogens (primary N) is 2. The van der Waals surface area contributed by atoms with Gasteiger partial charge in [-0.05, 0) is 99.0 Å². The summed E-state index contributed by atoms with van der Waals surface area (Å²) in [5, 5.41) is 5.64. The van der Waals surface area contributed by atoms with Gasteiger partial charge in [0.1, 0.15) is 12.1 Å². The van der Waals surface area contributed by atoms with Gasteiger partial charge in [-0.3, -0.25) is 19.2 Å². The molecule has 238 valence electrons. The zero-order chi connectivity index (χ0) is 31.3. The molecule has 4 aliphatic rings. The van der Waals surface area contributed by atoms with Crippen LogP contribution in [-0.2, 0) is 25.6 Å². The van der Waals surface area contributed by atoms with Gasteiger partial charge in [0.05, 0.1) is 12.1 Å². The molecule has 4 fully saturated rings. The van der Waals surface area contributed by atoms with Crippen LogP contribution in [0.25, 0.3) is 0 Å². The van der Waals surface area contributed by atoms with Crippen LogP contribution >= 0.6 is 11.8 Å². The predicted molar refractivity (Wildman–Crippen MR) is 171 cm³/mol. The molecule has 0 saturated heterocycles. The number of benzene rings is 1. The molecule has 3 atom stereocenters. The van der Waals surface area contributed by atoms with Gasteiger partial charge in [-0.2, -0.15) is 11.8 Å². The molecule has 5 rings (SSSR count). The molecule has 0 heterocycles. The molecule has 1 aromatic carbocycles. The van der Waals surface area contributed by atoms with Crippen LogP contribution in [0.4, 0.5) is 0 Å². The molecular formula is C33H51N5O4S. The summed E-state index contributed by atoms with van der Waals surface area (Å²) in [6.07, 6.45) is 8.70. The molecule has 43 heavy (non-hydrogen) atoms. The molecule has 0 radical (unpaired) electrons. The molecule has 4 bridgehead atoms. The van der Waals surface area contributed by atoms with Crippen molar-refractivity contribution in [2.45, 2.75) is 95.8 Å². The van der Waals surface area contributed by atoms with Gasteiger partial charge in [0.2, 0.25) is 23.6 Å². The van der Waals surface area contributed by atoms with E-state index >= 15 is 0 Å². The second-order valence-electron chi connectivity index (χ2n) is 13.9. The van der Waals surface area contributed by atoms with Crippen LogP contribution in [0.1, 0.15) is 71.3 Å². The molecule has 0 aliphatic heterocycles. The Morgan fingerprint density at radius 2 is 1.63 bits per heavy atom. The lowest BCUT2D eigenvalue weighted by molar-refractivity contribution is -0.153. The van der Waals surface area contributed by atoms with Crippen molar-refractivity contribution >= 4 is 35.4 Å². The van der Waals surface area contributed by atoms with Gasteiger partial charge >= 0.3 is 0 Å². The van der Waals surface area contributed by atoms with Crippen molar-refractivity contribution in [2.75, 3.05) is 18.6 Å². The first kappa shape index (κ1) is 33.3. The summed E-state index contributed by atoms with van der Waals surface area (Å²) in [7, 11) is 0. The smallest absolute Gasteiger partial charge is 0.243 e. The van der Waals surface area contributed by atoms with Gasteiger partial charge in [-0.1, -0.05) is 44.2 Å². The quantitative estimate of drug-likeness (QED) is 0.239. The SMILES string of the molecule is CSCC[C@@H](NC(=O)C(C)(N)CC(C)C)C(=O)NCC(=O)N(C1C2CC3CC(C2)CC1C3)[C@@H](Cc1ccccc1)C(N)=O. The first-order valence-electron chi connectivity index (χ1n) is 15.9. The lowest BCUT2D eigenvalue weighted by Crippen LogP contribution is -2.64. The van der Waals surface area contributed by atoms with E-state index in [9.17, 15) is 19.2 Å². The number of rotatable bonds is 15. The van der Waals surface area contributed by atoms with E-state index in [0.29, 0.717) is 48.7 Å². The minimum Gasteiger partial charge on any atom is -0.368 e. The third-order valence-corrected chi connectivity index (χ3v) is 10.4. The van der Waals surface area contributed by atoms with E-state index in [4.69, 9.17) is 11.5 Å². The number of amides is 4. The monoisotopic (exact) mass is 613 g/mol. The molecule has 10 heteroatoms. The number of carbonyl (C=O) groups is 4. The maximum absolute atomic E-state index is 14.1.